The number of ether oxygens (including phenoxy) is 1. The number of benzene rings is 2. The monoisotopic (exact) mass is 804 g/mol. The Balaban J connectivity index is 1.52. The molecular formula is C42H56N6O10. The number of hydrogen-bond donors (Lipinski definition) is 6. The molecule has 1 aliphatic carbocycles. The van der Waals surface area contributed by atoms with E-state index in [9.17, 15) is 43.5 Å². The van der Waals surface area contributed by atoms with Crippen molar-refractivity contribution in [3.05, 3.63) is 71.3 Å². The minimum absolute atomic E-state index is 0.000705. The van der Waals surface area contributed by atoms with E-state index in [0.29, 0.717) is 24.8 Å². The van der Waals surface area contributed by atoms with Crippen molar-refractivity contribution < 1.29 is 48.2 Å². The largest absolute Gasteiger partial charge is 0.478 e. The fourth-order valence-corrected chi connectivity index (χ4v) is 7.60. The predicted molar refractivity (Wildman–Crippen MR) is 212 cm³/mol. The van der Waals surface area contributed by atoms with Gasteiger partial charge in [-0.3, -0.25) is 33.6 Å². The highest BCUT2D eigenvalue weighted by molar-refractivity contribution is 6.38. The molecule has 6 amide bonds. The Hall–Kier alpha value is -5.64. The summed E-state index contributed by atoms with van der Waals surface area (Å²) in [6.07, 6.45) is 3.60. The molecule has 0 spiro atoms. The number of hydrogen-bond acceptors (Lipinski definition) is 9. The van der Waals surface area contributed by atoms with Crippen LogP contribution in [0.5, 0.6) is 0 Å². The number of aromatic carboxylic acids is 1. The smallest absolute Gasteiger partial charge is 0.336 e. The lowest BCUT2D eigenvalue weighted by Gasteiger charge is -2.35. The van der Waals surface area contributed by atoms with Gasteiger partial charge in [-0.05, 0) is 63.6 Å². The van der Waals surface area contributed by atoms with E-state index in [-0.39, 0.29) is 42.9 Å². The van der Waals surface area contributed by atoms with Gasteiger partial charge in [-0.25, -0.2) is 4.79 Å². The van der Waals surface area contributed by atoms with Gasteiger partial charge >= 0.3 is 5.97 Å². The summed E-state index contributed by atoms with van der Waals surface area (Å²) < 4.78 is 6.23. The molecule has 1 saturated heterocycles. The van der Waals surface area contributed by atoms with Crippen LogP contribution in [0.2, 0.25) is 0 Å². The topological polar surface area (TPSA) is 243 Å². The predicted octanol–water partition coefficient (Wildman–Crippen LogP) is 2.55. The molecule has 58 heavy (non-hydrogen) atoms. The van der Waals surface area contributed by atoms with Gasteiger partial charge in [0.1, 0.15) is 12.1 Å². The molecular weight excluding hydrogens is 748 g/mol. The minimum atomic E-state index is -1.30. The second-order valence-electron chi connectivity index (χ2n) is 15.9. The highest BCUT2D eigenvalue weighted by Gasteiger charge is 2.46. The standard InChI is InChI=1S/C42H56N6O10/c1-5-14-30(36(51)39(54)44-23-34(50)45-31(22-33(43)49)25-15-8-6-9-16-25)46-38(53)32-21-27(58-42(2,3)4)24-48(32)40(55)35(26-17-10-7-11-18-26)47-37(52)28-19-12-13-20-29(28)41(56)57/h6,8-9,12-13,15-16,19-20,26-27,30-32,35H,5,7,10-11,14,17-18,21-24H2,1-4H3,(H2,43,49)(H,44,54)(H,45,50)(H,46,53)(H,47,52)(H,56,57)/t27-,30?,31?,32+,35+/m1/s1. The third-order valence-electron chi connectivity index (χ3n) is 10.2. The van der Waals surface area contributed by atoms with Crippen LogP contribution in [0.25, 0.3) is 0 Å². The Morgan fingerprint density at radius 1 is 0.879 bits per heavy atom. The summed E-state index contributed by atoms with van der Waals surface area (Å²) >= 11 is 0. The Labute approximate surface area is 338 Å². The third kappa shape index (κ3) is 12.7. The normalized spacial score (nSPS) is 18.6. The molecule has 0 bridgehead atoms. The number of Topliss-reactive ketones (excluding diaryl/α,β-unsaturated/α-hetero) is 1. The zero-order chi connectivity index (χ0) is 42.6. The van der Waals surface area contributed by atoms with Gasteiger partial charge in [-0.2, -0.15) is 0 Å². The lowest BCUT2D eigenvalue weighted by atomic mass is 9.83. The number of carboxylic acids is 1. The Morgan fingerprint density at radius 3 is 2.12 bits per heavy atom. The third-order valence-corrected chi connectivity index (χ3v) is 10.2. The van der Waals surface area contributed by atoms with Gasteiger partial charge in [0, 0.05) is 13.0 Å². The molecule has 2 aromatic rings. The van der Waals surface area contributed by atoms with E-state index >= 15 is 0 Å². The van der Waals surface area contributed by atoms with Gasteiger partial charge in [0.25, 0.3) is 11.8 Å². The molecule has 1 saturated carbocycles. The van der Waals surface area contributed by atoms with Crippen molar-refractivity contribution in [1.29, 1.82) is 0 Å². The van der Waals surface area contributed by atoms with E-state index in [1.54, 1.807) is 37.3 Å². The van der Waals surface area contributed by atoms with Crippen molar-refractivity contribution in [1.82, 2.24) is 26.2 Å². The van der Waals surface area contributed by atoms with Crippen molar-refractivity contribution in [2.45, 2.75) is 121 Å². The summed E-state index contributed by atoms with van der Waals surface area (Å²) in [7, 11) is 0. The van der Waals surface area contributed by atoms with Crippen molar-refractivity contribution in [2.24, 2.45) is 11.7 Å². The Kier molecular flexibility index (Phi) is 16.1. The van der Waals surface area contributed by atoms with Crippen LogP contribution in [0, 0.1) is 5.92 Å². The number of carbonyl (C=O) groups is 8. The van der Waals surface area contributed by atoms with E-state index in [1.165, 1.54) is 29.2 Å². The van der Waals surface area contributed by atoms with Crippen molar-refractivity contribution >= 4 is 47.2 Å². The molecule has 7 N–H and O–H groups in total. The molecule has 2 aromatic carbocycles. The molecule has 2 fully saturated rings. The maximum Gasteiger partial charge on any atom is 0.336 e. The Bertz CT molecular complexity index is 1820. The molecule has 16 nitrogen and oxygen atoms in total. The molecule has 5 atom stereocenters. The molecule has 0 aromatic heterocycles. The number of carbonyl (C=O) groups excluding carboxylic acids is 7. The number of nitrogens with one attached hydrogen (secondary N) is 4. The van der Waals surface area contributed by atoms with Crippen LogP contribution in [0.15, 0.2) is 54.6 Å². The fraction of sp³-hybridized carbons (Fsp3) is 0.524. The SMILES string of the molecule is CCCC(NC(=O)[C@@H]1C[C@@H](OC(C)(C)C)CN1C(=O)[C@@H](NC(=O)c1ccccc1C(=O)O)C1CCCCC1)C(=O)C(=O)NCC(=O)NC(CC(N)=O)c1ccccc1. The summed E-state index contributed by atoms with van der Waals surface area (Å²) in [6, 6.07) is 10.1. The van der Waals surface area contributed by atoms with Gasteiger partial charge in [0.05, 0.1) is 47.9 Å². The summed E-state index contributed by atoms with van der Waals surface area (Å²) in [4.78, 5) is 107. The van der Waals surface area contributed by atoms with E-state index in [4.69, 9.17) is 10.5 Å². The summed E-state index contributed by atoms with van der Waals surface area (Å²) in [5.74, 6) is -7.01. The number of carboxylic acid groups (broad SMARTS) is 1. The van der Waals surface area contributed by atoms with Crippen molar-refractivity contribution in [2.75, 3.05) is 13.1 Å². The summed E-state index contributed by atoms with van der Waals surface area (Å²) in [5.41, 5.74) is 5.03. The number of ketones is 1. The highest BCUT2D eigenvalue weighted by atomic mass is 16.5. The van der Waals surface area contributed by atoms with Gasteiger partial charge in [0.15, 0.2) is 0 Å². The zero-order valence-electron chi connectivity index (χ0n) is 33.6. The van der Waals surface area contributed by atoms with Gasteiger partial charge in [0.2, 0.25) is 29.4 Å². The average Bonchev–Trinajstić information content (AvgIpc) is 3.61. The molecule has 4 rings (SSSR count). The number of nitrogens with two attached hydrogens (primary N) is 1. The maximum absolute atomic E-state index is 14.6. The van der Waals surface area contributed by atoms with Gasteiger partial charge < -0.3 is 41.7 Å². The molecule has 16 heteroatoms. The quantitative estimate of drug-likeness (QED) is 0.120. The minimum Gasteiger partial charge on any atom is -0.478 e. The first-order chi connectivity index (χ1) is 27.5. The molecule has 2 unspecified atom stereocenters. The first kappa shape index (κ1) is 45.1. The lowest BCUT2D eigenvalue weighted by molar-refractivity contribution is -0.143. The molecule has 314 valence electrons. The van der Waals surface area contributed by atoms with Crippen LogP contribution in [0.4, 0.5) is 0 Å². The van der Waals surface area contributed by atoms with Crippen molar-refractivity contribution in [3.63, 3.8) is 0 Å². The zero-order valence-corrected chi connectivity index (χ0v) is 33.6. The number of primary amides is 1. The molecule has 1 heterocycles. The van der Waals surface area contributed by atoms with Crippen LogP contribution in [-0.4, -0.2) is 100 Å². The first-order valence-corrected chi connectivity index (χ1v) is 19.9. The highest BCUT2D eigenvalue weighted by Crippen LogP contribution is 2.31. The summed E-state index contributed by atoms with van der Waals surface area (Å²) in [6.45, 7) is 6.69. The van der Waals surface area contributed by atoms with E-state index in [1.807, 2.05) is 20.8 Å². The number of amides is 6. The Morgan fingerprint density at radius 2 is 1.52 bits per heavy atom. The van der Waals surface area contributed by atoms with Crippen molar-refractivity contribution in [3.8, 4) is 0 Å². The number of nitrogens with zero attached hydrogens (tertiary/aromatic N) is 1. The van der Waals surface area contributed by atoms with Crippen LogP contribution in [0.3, 0.4) is 0 Å². The first-order valence-electron chi connectivity index (χ1n) is 19.9. The number of rotatable bonds is 18. The molecule has 1 aliphatic heterocycles. The van der Waals surface area contributed by atoms with E-state index in [2.05, 4.69) is 21.3 Å². The van der Waals surface area contributed by atoms with Gasteiger partial charge in [-0.15, -0.1) is 0 Å². The van der Waals surface area contributed by atoms with Crippen LogP contribution >= 0.6 is 0 Å². The molecule has 0 radical (unpaired) electrons. The molecule has 2 aliphatic rings. The average molecular weight is 805 g/mol. The fourth-order valence-electron chi connectivity index (χ4n) is 7.60. The van der Waals surface area contributed by atoms with Crippen LogP contribution < -0.4 is 27.0 Å². The van der Waals surface area contributed by atoms with Crippen LogP contribution in [0.1, 0.15) is 118 Å². The second kappa shape index (κ2) is 20.7. The lowest BCUT2D eigenvalue weighted by Crippen LogP contribution is -2.58. The number of likely N-dealkylation sites (tertiary alicyclic amines) is 1. The summed E-state index contributed by atoms with van der Waals surface area (Å²) in [5, 5.41) is 20.2. The van der Waals surface area contributed by atoms with E-state index < -0.39 is 89.6 Å². The van der Waals surface area contributed by atoms with Crippen LogP contribution in [-0.2, 0) is 33.5 Å². The maximum atomic E-state index is 14.6. The van der Waals surface area contributed by atoms with Gasteiger partial charge in [-0.1, -0.05) is 75.1 Å². The van der Waals surface area contributed by atoms with E-state index in [0.717, 1.165) is 19.3 Å². The second-order valence-corrected chi connectivity index (χ2v) is 15.9.